The van der Waals surface area contributed by atoms with E-state index in [1.807, 2.05) is 0 Å². The van der Waals surface area contributed by atoms with Crippen LogP contribution in [0.25, 0.3) is 0 Å². The summed E-state index contributed by atoms with van der Waals surface area (Å²) in [6, 6.07) is 6.35. The highest BCUT2D eigenvalue weighted by Gasteiger charge is 2.18. The van der Waals surface area contributed by atoms with E-state index in [1.54, 1.807) is 0 Å². The quantitative estimate of drug-likeness (QED) is 0.204. The number of ether oxygens (including phenoxy) is 3. The van der Waals surface area contributed by atoms with Gasteiger partial charge in [-0.25, -0.2) is 4.99 Å². The van der Waals surface area contributed by atoms with Gasteiger partial charge < -0.3 is 24.8 Å². The second-order valence-corrected chi connectivity index (χ2v) is 8.00. The van der Waals surface area contributed by atoms with Crippen LogP contribution in [0.5, 0.6) is 5.75 Å². The molecule has 7 nitrogen and oxygen atoms in total. The largest absolute Gasteiger partial charge is 0.488 e. The number of aliphatic imine (C=N–C) groups is 1. The molecule has 176 valence electrons. The van der Waals surface area contributed by atoms with E-state index < -0.39 is 0 Å². The molecule has 8 heteroatoms. The van der Waals surface area contributed by atoms with Crippen molar-refractivity contribution in [2.45, 2.75) is 45.8 Å². The molecule has 2 aliphatic heterocycles. The molecule has 0 bridgehead atoms. The van der Waals surface area contributed by atoms with Gasteiger partial charge in [-0.15, -0.1) is 24.0 Å². The smallest absolute Gasteiger partial charge is 0.191 e. The van der Waals surface area contributed by atoms with Crippen LogP contribution >= 0.6 is 24.0 Å². The molecule has 31 heavy (non-hydrogen) atoms. The number of hydrogen-bond donors (Lipinski definition) is 2. The molecule has 1 aromatic carbocycles. The first-order valence-electron chi connectivity index (χ1n) is 11.4. The van der Waals surface area contributed by atoms with Gasteiger partial charge in [0.1, 0.15) is 11.9 Å². The van der Waals surface area contributed by atoms with E-state index in [0.717, 1.165) is 82.7 Å². The number of nitrogens with one attached hydrogen (secondary N) is 2. The molecule has 2 heterocycles. The van der Waals surface area contributed by atoms with Gasteiger partial charge in [0.05, 0.1) is 33.0 Å². The van der Waals surface area contributed by atoms with E-state index >= 15 is 0 Å². The van der Waals surface area contributed by atoms with Crippen molar-refractivity contribution in [2.24, 2.45) is 4.99 Å². The van der Waals surface area contributed by atoms with Gasteiger partial charge in [0.2, 0.25) is 0 Å². The summed E-state index contributed by atoms with van der Waals surface area (Å²) in [4.78, 5) is 7.28. The van der Waals surface area contributed by atoms with E-state index in [-0.39, 0.29) is 30.1 Å². The zero-order valence-corrected chi connectivity index (χ0v) is 21.4. The molecule has 0 aromatic heterocycles. The maximum atomic E-state index is 6.20. The van der Waals surface area contributed by atoms with E-state index in [2.05, 4.69) is 47.6 Å². The Hall–Kier alpha value is -1.10. The highest BCUT2D eigenvalue weighted by Crippen LogP contribution is 2.24. The van der Waals surface area contributed by atoms with E-state index in [1.165, 1.54) is 12.0 Å². The molecule has 1 unspecified atom stereocenters. The molecule has 0 spiro atoms. The highest BCUT2D eigenvalue weighted by molar-refractivity contribution is 14.0. The lowest BCUT2D eigenvalue weighted by Gasteiger charge is -2.26. The molecule has 2 fully saturated rings. The van der Waals surface area contributed by atoms with Gasteiger partial charge in [0.15, 0.2) is 5.96 Å². The first-order valence-corrected chi connectivity index (χ1v) is 11.4. The summed E-state index contributed by atoms with van der Waals surface area (Å²) in [5.41, 5.74) is 2.30. The summed E-state index contributed by atoms with van der Waals surface area (Å²) in [5.74, 6) is 1.79. The van der Waals surface area contributed by atoms with Crippen LogP contribution in [0.1, 0.15) is 37.3 Å². The van der Waals surface area contributed by atoms with Crippen molar-refractivity contribution in [3.8, 4) is 5.75 Å². The van der Waals surface area contributed by atoms with Gasteiger partial charge in [0.25, 0.3) is 0 Å². The van der Waals surface area contributed by atoms with Crippen molar-refractivity contribution < 1.29 is 14.2 Å². The zero-order valence-electron chi connectivity index (χ0n) is 19.0. The number of benzene rings is 1. The fraction of sp³-hybridized carbons (Fsp3) is 0.696. The van der Waals surface area contributed by atoms with Crippen molar-refractivity contribution >= 4 is 29.9 Å². The van der Waals surface area contributed by atoms with Crippen LogP contribution in [-0.4, -0.2) is 76.1 Å². The third kappa shape index (κ3) is 9.51. The first kappa shape index (κ1) is 26.2. The zero-order chi connectivity index (χ0) is 21.0. The Morgan fingerprint density at radius 3 is 2.74 bits per heavy atom. The molecular weight excluding hydrogens is 507 g/mol. The molecule has 1 aromatic rings. The normalized spacial score (nSPS) is 19.7. The number of morpholine rings is 1. The Balaban J connectivity index is 0.00000341. The van der Waals surface area contributed by atoms with Gasteiger partial charge in [-0.1, -0.05) is 12.1 Å². The van der Waals surface area contributed by atoms with Crippen LogP contribution in [0.15, 0.2) is 23.2 Å². The average Bonchev–Trinajstić information content (AvgIpc) is 3.26. The molecule has 3 rings (SSSR count). The number of rotatable bonds is 10. The Kier molecular flexibility index (Phi) is 12.5. The molecule has 0 radical (unpaired) electrons. The van der Waals surface area contributed by atoms with Crippen molar-refractivity contribution in [3.63, 3.8) is 0 Å². The summed E-state index contributed by atoms with van der Waals surface area (Å²) in [7, 11) is 0. The topological polar surface area (TPSA) is 67.4 Å². The van der Waals surface area contributed by atoms with Crippen LogP contribution in [0, 0.1) is 6.92 Å². The van der Waals surface area contributed by atoms with Crippen LogP contribution in [0.2, 0.25) is 0 Å². The Morgan fingerprint density at radius 2 is 2.00 bits per heavy atom. The molecule has 0 amide bonds. The van der Waals surface area contributed by atoms with Crippen LogP contribution in [0.3, 0.4) is 0 Å². The Bertz CT molecular complexity index is 662. The minimum Gasteiger partial charge on any atom is -0.488 e. The molecule has 2 saturated heterocycles. The number of unbranched alkanes of at least 4 members (excludes halogenated alkanes) is 1. The molecule has 2 N–H and O–H groups in total. The molecule has 1 atom stereocenters. The van der Waals surface area contributed by atoms with E-state index in [0.29, 0.717) is 13.2 Å². The van der Waals surface area contributed by atoms with Crippen molar-refractivity contribution in [2.75, 3.05) is 59.2 Å². The van der Waals surface area contributed by atoms with Crippen LogP contribution < -0.4 is 15.4 Å². The predicted octanol–water partition coefficient (Wildman–Crippen LogP) is 2.95. The second kappa shape index (κ2) is 14.9. The Labute approximate surface area is 204 Å². The standard InChI is InChI=1S/C23H38N4O3.HI/c1-3-24-23(25-9-4-5-10-27-11-14-28-15-12-27)26-17-20-7-6-19(2)16-22(20)30-21-8-13-29-18-21;/h6-7,16,21H,3-5,8-15,17-18H2,1-2H3,(H2,24,25,26);1H. The average molecular weight is 546 g/mol. The lowest BCUT2D eigenvalue weighted by Crippen LogP contribution is -2.39. The number of guanidine groups is 1. The first-order chi connectivity index (χ1) is 14.7. The fourth-order valence-electron chi connectivity index (χ4n) is 3.69. The van der Waals surface area contributed by atoms with Crippen molar-refractivity contribution in [1.82, 2.24) is 15.5 Å². The number of nitrogens with zero attached hydrogens (tertiary/aromatic N) is 2. The van der Waals surface area contributed by atoms with Crippen molar-refractivity contribution in [3.05, 3.63) is 29.3 Å². The summed E-state index contributed by atoms with van der Waals surface area (Å²) in [5, 5.41) is 6.82. The summed E-state index contributed by atoms with van der Waals surface area (Å²) in [6.07, 6.45) is 3.41. The predicted molar refractivity (Wildman–Crippen MR) is 136 cm³/mol. The van der Waals surface area contributed by atoms with E-state index in [9.17, 15) is 0 Å². The lowest BCUT2D eigenvalue weighted by molar-refractivity contribution is 0.0372. The second-order valence-electron chi connectivity index (χ2n) is 8.00. The molecular formula is C23H39IN4O3. The molecule has 0 saturated carbocycles. The van der Waals surface area contributed by atoms with Gasteiger partial charge in [-0.05, 0) is 44.9 Å². The number of halogens is 1. The van der Waals surface area contributed by atoms with Gasteiger partial charge in [-0.3, -0.25) is 4.90 Å². The lowest BCUT2D eigenvalue weighted by atomic mass is 10.1. The van der Waals surface area contributed by atoms with Gasteiger partial charge >= 0.3 is 0 Å². The van der Waals surface area contributed by atoms with E-state index in [4.69, 9.17) is 19.2 Å². The summed E-state index contributed by atoms with van der Waals surface area (Å²) in [6.45, 7) is 13.0. The minimum absolute atomic E-state index is 0. The number of hydrogen-bond acceptors (Lipinski definition) is 5. The maximum Gasteiger partial charge on any atom is 0.191 e. The summed E-state index contributed by atoms with van der Waals surface area (Å²) >= 11 is 0. The van der Waals surface area contributed by atoms with Gasteiger partial charge in [0, 0.05) is 38.2 Å². The Morgan fingerprint density at radius 1 is 1.16 bits per heavy atom. The third-order valence-corrected chi connectivity index (χ3v) is 5.45. The fourth-order valence-corrected chi connectivity index (χ4v) is 3.69. The van der Waals surface area contributed by atoms with Crippen LogP contribution in [0.4, 0.5) is 0 Å². The third-order valence-electron chi connectivity index (χ3n) is 5.45. The van der Waals surface area contributed by atoms with Crippen molar-refractivity contribution in [1.29, 1.82) is 0 Å². The number of aryl methyl sites for hydroxylation is 1. The maximum absolute atomic E-state index is 6.20. The highest BCUT2D eigenvalue weighted by atomic mass is 127. The monoisotopic (exact) mass is 546 g/mol. The molecule has 0 aliphatic carbocycles. The van der Waals surface area contributed by atoms with Gasteiger partial charge in [-0.2, -0.15) is 0 Å². The minimum atomic E-state index is 0. The molecule has 2 aliphatic rings. The summed E-state index contributed by atoms with van der Waals surface area (Å²) < 4.78 is 17.1. The van der Waals surface area contributed by atoms with Crippen LogP contribution in [-0.2, 0) is 16.0 Å². The SMILES string of the molecule is CCNC(=NCc1ccc(C)cc1OC1CCOC1)NCCCCN1CCOCC1.I.